The van der Waals surface area contributed by atoms with Crippen molar-refractivity contribution in [2.45, 2.75) is 64.1 Å². The Kier molecular flexibility index (Phi) is 9.39. The summed E-state index contributed by atoms with van der Waals surface area (Å²) in [5.41, 5.74) is 8.07. The lowest BCUT2D eigenvalue weighted by atomic mass is 9.98. The Balaban J connectivity index is 0.00000169. The molecule has 2 aliphatic rings. The molecule has 1 aliphatic heterocycles. The van der Waals surface area contributed by atoms with Crippen molar-refractivity contribution < 1.29 is 4.79 Å². The zero-order valence-corrected chi connectivity index (χ0v) is 17.3. The van der Waals surface area contributed by atoms with Gasteiger partial charge in [-0.1, -0.05) is 44.0 Å². The maximum Gasteiger partial charge on any atom is 0.240 e. The summed E-state index contributed by atoms with van der Waals surface area (Å²) < 4.78 is 0. The molecule has 0 aromatic heterocycles. The van der Waals surface area contributed by atoms with Crippen LogP contribution in [0.2, 0.25) is 0 Å². The summed E-state index contributed by atoms with van der Waals surface area (Å²) in [6.07, 6.45) is 6.35. The predicted octanol–water partition coefficient (Wildman–Crippen LogP) is 3.65. The van der Waals surface area contributed by atoms with Gasteiger partial charge in [-0.2, -0.15) is 0 Å². The molecule has 3 rings (SSSR count). The number of nitrogens with zero attached hydrogens (tertiary/aromatic N) is 1. The molecule has 26 heavy (non-hydrogen) atoms. The third kappa shape index (κ3) is 6.12. The number of rotatable bonds is 5. The van der Waals surface area contributed by atoms with Gasteiger partial charge in [-0.05, 0) is 55.8 Å². The van der Waals surface area contributed by atoms with Crippen molar-refractivity contribution in [3.63, 3.8) is 0 Å². The van der Waals surface area contributed by atoms with Crippen molar-refractivity contribution in [1.29, 1.82) is 0 Å². The molecule has 1 aromatic rings. The number of carbonyl (C=O) groups excluding carboxylic acids is 1. The van der Waals surface area contributed by atoms with Crippen LogP contribution in [0.3, 0.4) is 0 Å². The number of halogens is 2. The van der Waals surface area contributed by atoms with Crippen LogP contribution in [0.1, 0.15) is 56.6 Å². The smallest absolute Gasteiger partial charge is 0.240 e. The Morgan fingerprint density at radius 2 is 1.81 bits per heavy atom. The Morgan fingerprint density at radius 1 is 1.19 bits per heavy atom. The van der Waals surface area contributed by atoms with Gasteiger partial charge >= 0.3 is 0 Å². The number of likely N-dealkylation sites (tertiary alicyclic amines) is 1. The van der Waals surface area contributed by atoms with Crippen LogP contribution in [-0.4, -0.2) is 29.4 Å². The molecule has 1 aromatic carbocycles. The normalized spacial score (nSPS) is 20.1. The largest absolute Gasteiger partial charge is 0.350 e. The highest BCUT2D eigenvalue weighted by atomic mass is 35.5. The number of hydrogen-bond acceptors (Lipinski definition) is 3. The summed E-state index contributed by atoms with van der Waals surface area (Å²) in [7, 11) is 0. The van der Waals surface area contributed by atoms with Gasteiger partial charge in [-0.25, -0.2) is 0 Å². The average molecular weight is 402 g/mol. The Labute approximate surface area is 170 Å². The molecule has 0 unspecified atom stereocenters. The molecule has 0 bridgehead atoms. The molecular weight excluding hydrogens is 369 g/mol. The van der Waals surface area contributed by atoms with E-state index in [2.05, 4.69) is 41.4 Å². The molecule has 4 nitrogen and oxygen atoms in total. The van der Waals surface area contributed by atoms with Gasteiger partial charge in [0.05, 0.1) is 5.54 Å². The summed E-state index contributed by atoms with van der Waals surface area (Å²) in [6.45, 7) is 6.31. The first-order valence-corrected chi connectivity index (χ1v) is 9.42. The lowest BCUT2D eigenvalue weighted by Crippen LogP contribution is -2.51. The van der Waals surface area contributed by atoms with E-state index in [1.165, 1.54) is 31.5 Å². The fourth-order valence-corrected chi connectivity index (χ4v) is 3.91. The van der Waals surface area contributed by atoms with Gasteiger partial charge in [0.2, 0.25) is 5.91 Å². The van der Waals surface area contributed by atoms with Gasteiger partial charge in [0, 0.05) is 13.1 Å². The summed E-state index contributed by atoms with van der Waals surface area (Å²) in [5.74, 6) is 0.873. The molecule has 1 heterocycles. The summed E-state index contributed by atoms with van der Waals surface area (Å²) in [6, 6.07) is 8.58. The molecule has 6 heteroatoms. The van der Waals surface area contributed by atoms with Crippen LogP contribution in [0.4, 0.5) is 0 Å². The molecular formula is C20H33Cl2N3O. The predicted molar refractivity (Wildman–Crippen MR) is 112 cm³/mol. The Morgan fingerprint density at radius 3 is 2.46 bits per heavy atom. The maximum absolute atomic E-state index is 12.3. The van der Waals surface area contributed by atoms with Crippen LogP contribution in [0.5, 0.6) is 0 Å². The lowest BCUT2D eigenvalue weighted by molar-refractivity contribution is -0.126. The van der Waals surface area contributed by atoms with Crippen molar-refractivity contribution in [3.8, 4) is 0 Å². The molecule has 0 atom stereocenters. The minimum atomic E-state index is -0.637. The van der Waals surface area contributed by atoms with Crippen LogP contribution >= 0.6 is 24.8 Å². The number of nitrogens with two attached hydrogens (primary N) is 1. The van der Waals surface area contributed by atoms with Crippen LogP contribution in [-0.2, 0) is 17.9 Å². The van der Waals surface area contributed by atoms with Crippen molar-refractivity contribution in [1.82, 2.24) is 10.2 Å². The molecule has 1 saturated carbocycles. The van der Waals surface area contributed by atoms with E-state index in [0.717, 1.165) is 43.7 Å². The maximum atomic E-state index is 12.3. The summed E-state index contributed by atoms with van der Waals surface area (Å²) in [5, 5.41) is 3.04. The van der Waals surface area contributed by atoms with E-state index < -0.39 is 5.54 Å². The van der Waals surface area contributed by atoms with E-state index in [9.17, 15) is 4.79 Å². The van der Waals surface area contributed by atoms with E-state index in [1.54, 1.807) is 0 Å². The van der Waals surface area contributed by atoms with Crippen LogP contribution in [0.15, 0.2) is 24.3 Å². The molecule has 2 fully saturated rings. The summed E-state index contributed by atoms with van der Waals surface area (Å²) >= 11 is 0. The number of piperidine rings is 1. The first kappa shape index (κ1) is 23.2. The monoisotopic (exact) mass is 401 g/mol. The van der Waals surface area contributed by atoms with E-state index >= 15 is 0 Å². The van der Waals surface area contributed by atoms with Gasteiger partial charge < -0.3 is 11.1 Å². The topological polar surface area (TPSA) is 58.4 Å². The van der Waals surface area contributed by atoms with Gasteiger partial charge in [-0.3, -0.25) is 9.69 Å². The molecule has 148 valence electrons. The third-order valence-electron chi connectivity index (χ3n) is 5.67. The molecule has 1 saturated heterocycles. The van der Waals surface area contributed by atoms with Crippen molar-refractivity contribution in [2.24, 2.45) is 11.7 Å². The first-order valence-electron chi connectivity index (χ1n) is 9.42. The number of carbonyl (C=O) groups is 1. The average Bonchev–Trinajstić information content (AvgIpc) is 3.03. The zero-order valence-electron chi connectivity index (χ0n) is 15.7. The molecule has 3 N–H and O–H groups in total. The van der Waals surface area contributed by atoms with Gasteiger partial charge in [0.15, 0.2) is 0 Å². The Hall–Kier alpha value is -0.810. The zero-order chi connectivity index (χ0) is 17.0. The van der Waals surface area contributed by atoms with E-state index in [4.69, 9.17) is 5.73 Å². The SMILES string of the molecule is CC1CCN(Cc2cccc(CNC(=O)C3(N)CCCC3)c2)CC1.Cl.Cl. The second-order valence-corrected chi connectivity index (χ2v) is 7.82. The number of nitrogens with one attached hydrogen (secondary N) is 1. The van der Waals surface area contributed by atoms with Gasteiger partial charge in [0.25, 0.3) is 0 Å². The van der Waals surface area contributed by atoms with Crippen LogP contribution < -0.4 is 11.1 Å². The standard InChI is InChI=1S/C20H31N3O.2ClH/c1-16-7-11-23(12-8-16)15-18-6-4-5-17(13-18)14-22-19(24)20(21)9-2-3-10-20;;/h4-6,13,16H,2-3,7-12,14-15,21H2,1H3,(H,22,24);2*1H. The summed E-state index contributed by atoms with van der Waals surface area (Å²) in [4.78, 5) is 14.9. The highest BCUT2D eigenvalue weighted by Gasteiger charge is 2.36. The molecule has 0 spiro atoms. The van der Waals surface area contributed by atoms with Gasteiger partial charge in [-0.15, -0.1) is 24.8 Å². The number of benzene rings is 1. The highest BCUT2D eigenvalue weighted by molar-refractivity contribution is 5.86. The second-order valence-electron chi connectivity index (χ2n) is 7.82. The molecule has 0 radical (unpaired) electrons. The van der Waals surface area contributed by atoms with Crippen molar-refractivity contribution in [3.05, 3.63) is 35.4 Å². The van der Waals surface area contributed by atoms with Gasteiger partial charge in [0.1, 0.15) is 0 Å². The van der Waals surface area contributed by atoms with Crippen molar-refractivity contribution >= 4 is 30.7 Å². The lowest BCUT2D eigenvalue weighted by Gasteiger charge is -2.30. The molecule has 1 aliphatic carbocycles. The van der Waals surface area contributed by atoms with E-state index in [-0.39, 0.29) is 30.7 Å². The number of hydrogen-bond donors (Lipinski definition) is 2. The fraction of sp³-hybridized carbons (Fsp3) is 0.650. The van der Waals surface area contributed by atoms with Crippen LogP contribution in [0.25, 0.3) is 0 Å². The quantitative estimate of drug-likeness (QED) is 0.791. The first-order chi connectivity index (χ1) is 11.5. The minimum Gasteiger partial charge on any atom is -0.350 e. The highest BCUT2D eigenvalue weighted by Crippen LogP contribution is 2.27. The Bertz CT molecular complexity index is 568. The number of amides is 1. The fourth-order valence-electron chi connectivity index (χ4n) is 3.91. The van der Waals surface area contributed by atoms with E-state index in [1.807, 2.05) is 0 Å². The van der Waals surface area contributed by atoms with Crippen molar-refractivity contribution in [2.75, 3.05) is 13.1 Å². The van der Waals surface area contributed by atoms with E-state index in [0.29, 0.717) is 6.54 Å². The van der Waals surface area contributed by atoms with Crippen LogP contribution in [0, 0.1) is 5.92 Å². The third-order valence-corrected chi connectivity index (χ3v) is 5.67. The minimum absolute atomic E-state index is 0. The second kappa shape index (κ2) is 10.5. The molecule has 1 amide bonds.